The molecule has 0 aromatic heterocycles. The number of hydrogen-bond donors (Lipinski definition) is 1. The van der Waals surface area contributed by atoms with E-state index < -0.39 is 20.8 Å². The van der Waals surface area contributed by atoms with Crippen molar-refractivity contribution in [3.05, 3.63) is 0 Å². The first-order valence-corrected chi connectivity index (χ1v) is 8.07. The van der Waals surface area contributed by atoms with Gasteiger partial charge in [0.15, 0.2) is 0 Å². The van der Waals surface area contributed by atoms with Crippen molar-refractivity contribution in [2.45, 2.75) is 13.3 Å². The summed E-state index contributed by atoms with van der Waals surface area (Å²) >= 11 is 5.37. The number of halogens is 1. The van der Waals surface area contributed by atoms with Crippen LogP contribution in [0.25, 0.3) is 0 Å². The van der Waals surface area contributed by atoms with Crippen LogP contribution >= 0.6 is 11.6 Å². The molecular weight excluding hydrogens is 246 g/mol. The maximum absolute atomic E-state index is 11.2. The van der Waals surface area contributed by atoms with Crippen molar-refractivity contribution in [1.82, 2.24) is 4.72 Å². The summed E-state index contributed by atoms with van der Waals surface area (Å²) in [7, 11) is -4.14. The standard InChI is InChI=1S/C7H16ClNO3S2/c1-2-13(10)6-5-9-14(11,12)7-3-4-8/h9H,2-7H2,1H3. The Bertz CT molecular complexity index is 266. The minimum Gasteiger partial charge on any atom is -0.260 e. The molecule has 0 amide bonds. The molecule has 0 rings (SSSR count). The van der Waals surface area contributed by atoms with E-state index in [2.05, 4.69) is 4.72 Å². The summed E-state index contributed by atoms with van der Waals surface area (Å²) in [4.78, 5) is 0. The van der Waals surface area contributed by atoms with Gasteiger partial charge in [-0.3, -0.25) is 4.21 Å². The van der Waals surface area contributed by atoms with Gasteiger partial charge in [0, 0.05) is 34.7 Å². The molecule has 0 aliphatic carbocycles. The van der Waals surface area contributed by atoms with Crippen molar-refractivity contribution >= 4 is 32.4 Å². The van der Waals surface area contributed by atoms with Gasteiger partial charge in [0.25, 0.3) is 0 Å². The molecule has 1 atom stereocenters. The first-order valence-electron chi connectivity index (χ1n) is 4.40. The predicted molar refractivity (Wildman–Crippen MR) is 60.7 cm³/mol. The highest BCUT2D eigenvalue weighted by Gasteiger charge is 2.08. The molecule has 0 aromatic carbocycles. The fourth-order valence-corrected chi connectivity index (χ4v) is 2.89. The Morgan fingerprint density at radius 1 is 1.43 bits per heavy atom. The molecule has 0 aliphatic heterocycles. The van der Waals surface area contributed by atoms with Gasteiger partial charge in [0.1, 0.15) is 0 Å². The summed E-state index contributed by atoms with van der Waals surface area (Å²) in [6.45, 7) is 2.04. The van der Waals surface area contributed by atoms with Crippen LogP contribution in [0.5, 0.6) is 0 Å². The monoisotopic (exact) mass is 261 g/mol. The SMILES string of the molecule is CCS(=O)CCNS(=O)(=O)CCCCl. The second kappa shape index (κ2) is 7.62. The molecule has 0 radical (unpaired) electrons. The molecule has 0 fully saturated rings. The fourth-order valence-electron chi connectivity index (χ4n) is 0.772. The maximum atomic E-state index is 11.2. The van der Waals surface area contributed by atoms with Crippen LogP contribution in [-0.4, -0.2) is 42.3 Å². The Hall–Kier alpha value is 0.350. The molecule has 0 saturated heterocycles. The number of rotatable bonds is 8. The summed E-state index contributed by atoms with van der Waals surface area (Å²) in [5, 5.41) is 0. The molecule has 7 heteroatoms. The van der Waals surface area contributed by atoms with Gasteiger partial charge in [-0.25, -0.2) is 13.1 Å². The van der Waals surface area contributed by atoms with Crippen molar-refractivity contribution < 1.29 is 12.6 Å². The Kier molecular flexibility index (Phi) is 7.81. The van der Waals surface area contributed by atoms with E-state index in [4.69, 9.17) is 11.6 Å². The summed E-state index contributed by atoms with van der Waals surface area (Å²) < 4.78 is 35.7. The lowest BCUT2D eigenvalue weighted by molar-refractivity contribution is 0.582. The highest BCUT2D eigenvalue weighted by atomic mass is 35.5. The molecule has 1 N–H and O–H groups in total. The average Bonchev–Trinajstić information content (AvgIpc) is 2.14. The van der Waals surface area contributed by atoms with Crippen LogP contribution in [0.2, 0.25) is 0 Å². The molecule has 0 aliphatic rings. The highest BCUT2D eigenvalue weighted by molar-refractivity contribution is 7.89. The van der Waals surface area contributed by atoms with Gasteiger partial charge < -0.3 is 0 Å². The van der Waals surface area contributed by atoms with Crippen molar-refractivity contribution in [3.8, 4) is 0 Å². The summed E-state index contributed by atoms with van der Waals surface area (Å²) in [6.07, 6.45) is 0.438. The van der Waals surface area contributed by atoms with E-state index >= 15 is 0 Å². The molecule has 0 aromatic rings. The summed E-state index contributed by atoms with van der Waals surface area (Å²) in [5.74, 6) is 1.30. The number of nitrogens with one attached hydrogen (secondary N) is 1. The van der Waals surface area contributed by atoms with Crippen LogP contribution in [0.4, 0.5) is 0 Å². The minimum atomic E-state index is -3.22. The fraction of sp³-hybridized carbons (Fsp3) is 1.00. The third-order valence-electron chi connectivity index (χ3n) is 1.52. The smallest absolute Gasteiger partial charge is 0.211 e. The molecule has 1 unspecified atom stereocenters. The van der Waals surface area contributed by atoms with Crippen molar-refractivity contribution in [2.24, 2.45) is 0 Å². The normalized spacial score (nSPS) is 14.1. The van der Waals surface area contributed by atoms with E-state index in [9.17, 15) is 12.6 Å². The molecule has 86 valence electrons. The Morgan fingerprint density at radius 2 is 2.07 bits per heavy atom. The number of sulfonamides is 1. The Morgan fingerprint density at radius 3 is 2.57 bits per heavy atom. The predicted octanol–water partition coefficient (Wildman–Crippen LogP) is 0.303. The summed E-state index contributed by atoms with van der Waals surface area (Å²) in [6, 6.07) is 0. The lowest BCUT2D eigenvalue weighted by Crippen LogP contribution is -2.30. The Balaban J connectivity index is 3.71. The van der Waals surface area contributed by atoms with Gasteiger partial charge in [-0.15, -0.1) is 11.6 Å². The number of hydrogen-bond acceptors (Lipinski definition) is 3. The minimum absolute atomic E-state index is 0.0370. The molecular formula is C7H16ClNO3S2. The van der Waals surface area contributed by atoms with Gasteiger partial charge in [-0.1, -0.05) is 6.92 Å². The molecule has 0 bridgehead atoms. The largest absolute Gasteiger partial charge is 0.260 e. The van der Waals surface area contributed by atoms with Crippen molar-refractivity contribution in [1.29, 1.82) is 0 Å². The first-order chi connectivity index (χ1) is 6.52. The van der Waals surface area contributed by atoms with Gasteiger partial charge >= 0.3 is 0 Å². The maximum Gasteiger partial charge on any atom is 0.211 e. The van der Waals surface area contributed by atoms with E-state index in [1.165, 1.54) is 0 Å². The molecule has 14 heavy (non-hydrogen) atoms. The zero-order valence-corrected chi connectivity index (χ0v) is 10.6. The van der Waals surface area contributed by atoms with Gasteiger partial charge in [-0.2, -0.15) is 0 Å². The van der Waals surface area contributed by atoms with E-state index in [-0.39, 0.29) is 12.3 Å². The van der Waals surface area contributed by atoms with Gasteiger partial charge in [0.05, 0.1) is 5.75 Å². The van der Waals surface area contributed by atoms with Gasteiger partial charge in [0.2, 0.25) is 10.0 Å². The van der Waals surface area contributed by atoms with Gasteiger partial charge in [-0.05, 0) is 6.42 Å². The Labute approximate surface area is 92.9 Å². The summed E-state index contributed by atoms with van der Waals surface area (Å²) in [5.41, 5.74) is 0. The van der Waals surface area contributed by atoms with Crippen molar-refractivity contribution in [2.75, 3.05) is 29.7 Å². The first kappa shape index (κ1) is 14.3. The zero-order valence-electron chi connectivity index (χ0n) is 8.16. The van der Waals surface area contributed by atoms with Crippen LogP contribution in [0.15, 0.2) is 0 Å². The van der Waals surface area contributed by atoms with Crippen LogP contribution in [0.3, 0.4) is 0 Å². The molecule has 0 spiro atoms. The third kappa shape index (κ3) is 7.73. The van der Waals surface area contributed by atoms with Crippen LogP contribution in [0.1, 0.15) is 13.3 Å². The van der Waals surface area contributed by atoms with Crippen molar-refractivity contribution in [3.63, 3.8) is 0 Å². The third-order valence-corrected chi connectivity index (χ3v) is 4.56. The van der Waals surface area contributed by atoms with Crippen LogP contribution < -0.4 is 4.72 Å². The van der Waals surface area contributed by atoms with E-state index in [0.29, 0.717) is 23.8 Å². The highest BCUT2D eigenvalue weighted by Crippen LogP contribution is 1.91. The second-order valence-electron chi connectivity index (χ2n) is 2.69. The zero-order chi connectivity index (χ0) is 11.0. The topological polar surface area (TPSA) is 63.2 Å². The number of alkyl halides is 1. The molecule has 0 heterocycles. The quantitative estimate of drug-likeness (QED) is 0.640. The van der Waals surface area contributed by atoms with E-state index in [0.717, 1.165) is 0 Å². The van der Waals surface area contributed by atoms with Crippen LogP contribution in [-0.2, 0) is 20.8 Å². The van der Waals surface area contributed by atoms with Crippen LogP contribution in [0, 0.1) is 0 Å². The molecule has 0 saturated carbocycles. The van der Waals surface area contributed by atoms with E-state index in [1.807, 2.05) is 0 Å². The lowest BCUT2D eigenvalue weighted by Gasteiger charge is -2.04. The van der Waals surface area contributed by atoms with E-state index in [1.54, 1.807) is 6.92 Å². The average molecular weight is 262 g/mol. The second-order valence-corrected chi connectivity index (χ2v) is 6.86. The molecule has 4 nitrogen and oxygen atoms in total. The lowest BCUT2D eigenvalue weighted by atomic mass is 10.6.